The Hall–Kier alpha value is -0.706. The molecule has 0 spiro atoms. The molecule has 1 amide bonds. The predicted molar refractivity (Wildman–Crippen MR) is 109 cm³/mol. The Balaban J connectivity index is 1.87. The van der Waals surface area contributed by atoms with Crippen LogP contribution in [0.5, 0.6) is 0 Å². The van der Waals surface area contributed by atoms with Crippen LogP contribution in [0.4, 0.5) is 0 Å². The smallest absolute Gasteiger partial charge is 0.225 e. The highest BCUT2D eigenvalue weighted by molar-refractivity contribution is 8.00. The SMILES string of the molecule is CNC(=O)Cc1ccc(SC[Si](C)(C)O[Si](C)(C)C2CCCC2)nn1. The lowest BCUT2D eigenvalue weighted by Crippen LogP contribution is -2.48. The van der Waals surface area contributed by atoms with Gasteiger partial charge in [0.05, 0.1) is 12.1 Å². The van der Waals surface area contributed by atoms with Crippen LogP contribution in [0.25, 0.3) is 0 Å². The first-order chi connectivity index (χ1) is 11.7. The number of rotatable bonds is 8. The van der Waals surface area contributed by atoms with E-state index in [2.05, 4.69) is 41.7 Å². The normalized spacial score (nSPS) is 16.2. The molecule has 25 heavy (non-hydrogen) atoms. The maximum Gasteiger partial charge on any atom is 0.225 e. The molecular weight excluding hydrogens is 366 g/mol. The first-order valence-corrected chi connectivity index (χ1v) is 16.2. The molecule has 2 rings (SSSR count). The second-order valence-corrected chi connectivity index (χ2v) is 18.2. The summed E-state index contributed by atoms with van der Waals surface area (Å²) in [6.45, 7) is 9.43. The fourth-order valence-corrected chi connectivity index (χ4v) is 14.6. The molecule has 1 saturated carbocycles. The van der Waals surface area contributed by atoms with Crippen molar-refractivity contribution < 1.29 is 8.91 Å². The average molecular weight is 398 g/mol. The van der Waals surface area contributed by atoms with Crippen LogP contribution in [0.3, 0.4) is 0 Å². The lowest BCUT2D eigenvalue weighted by Gasteiger charge is -2.37. The van der Waals surface area contributed by atoms with Crippen molar-refractivity contribution in [2.75, 3.05) is 12.4 Å². The summed E-state index contributed by atoms with van der Waals surface area (Å²) in [5, 5.41) is 12.9. The minimum absolute atomic E-state index is 0.0456. The maximum atomic E-state index is 11.4. The molecule has 0 saturated heterocycles. The molecule has 1 fully saturated rings. The van der Waals surface area contributed by atoms with E-state index < -0.39 is 16.6 Å². The minimum atomic E-state index is -1.74. The van der Waals surface area contributed by atoms with Gasteiger partial charge in [-0.15, -0.1) is 16.9 Å². The molecular formula is C17H31N3O2SSi2. The third kappa shape index (κ3) is 6.51. The van der Waals surface area contributed by atoms with E-state index in [0.717, 1.165) is 15.9 Å². The molecule has 1 heterocycles. The summed E-state index contributed by atoms with van der Waals surface area (Å²) in [5.74, 6) is -0.0456. The number of hydrogen-bond donors (Lipinski definition) is 1. The Morgan fingerprint density at radius 3 is 2.48 bits per heavy atom. The van der Waals surface area contributed by atoms with E-state index in [1.807, 2.05) is 12.1 Å². The van der Waals surface area contributed by atoms with Gasteiger partial charge in [0.2, 0.25) is 5.91 Å². The molecule has 1 aliphatic carbocycles. The van der Waals surface area contributed by atoms with Gasteiger partial charge in [0, 0.05) is 12.4 Å². The van der Waals surface area contributed by atoms with E-state index in [-0.39, 0.29) is 12.3 Å². The second-order valence-electron chi connectivity index (χ2n) is 7.95. The highest BCUT2D eigenvalue weighted by atomic mass is 32.2. The molecule has 0 bridgehead atoms. The highest BCUT2D eigenvalue weighted by Crippen LogP contribution is 2.40. The zero-order valence-electron chi connectivity index (χ0n) is 16.1. The van der Waals surface area contributed by atoms with E-state index in [1.165, 1.54) is 25.7 Å². The summed E-state index contributed by atoms with van der Waals surface area (Å²) >= 11 is 1.73. The van der Waals surface area contributed by atoms with Gasteiger partial charge in [-0.3, -0.25) is 4.79 Å². The van der Waals surface area contributed by atoms with Gasteiger partial charge in [-0.2, -0.15) is 5.10 Å². The lowest BCUT2D eigenvalue weighted by atomic mass is 10.3. The quantitative estimate of drug-likeness (QED) is 0.534. The first kappa shape index (κ1) is 20.6. The summed E-state index contributed by atoms with van der Waals surface area (Å²) in [6.07, 6.45) is 5.74. The Kier molecular flexibility index (Phi) is 7.24. The van der Waals surface area contributed by atoms with Crippen molar-refractivity contribution in [1.29, 1.82) is 0 Å². The number of hydrogen-bond acceptors (Lipinski definition) is 5. The van der Waals surface area contributed by atoms with Gasteiger partial charge >= 0.3 is 0 Å². The van der Waals surface area contributed by atoms with E-state index in [9.17, 15) is 4.79 Å². The molecule has 1 aromatic heterocycles. The highest BCUT2D eigenvalue weighted by Gasteiger charge is 2.40. The van der Waals surface area contributed by atoms with Crippen molar-refractivity contribution >= 4 is 34.3 Å². The maximum absolute atomic E-state index is 11.4. The van der Waals surface area contributed by atoms with Crippen LogP contribution in [0.1, 0.15) is 31.4 Å². The number of aromatic nitrogens is 2. The van der Waals surface area contributed by atoms with E-state index in [1.54, 1.807) is 18.8 Å². The molecule has 1 N–H and O–H groups in total. The second kappa shape index (κ2) is 8.79. The number of nitrogens with one attached hydrogen (secondary N) is 1. The number of amides is 1. The fraction of sp³-hybridized carbons (Fsp3) is 0.706. The lowest BCUT2D eigenvalue weighted by molar-refractivity contribution is -0.120. The van der Waals surface area contributed by atoms with Crippen LogP contribution in [-0.2, 0) is 15.3 Å². The van der Waals surface area contributed by atoms with Gasteiger partial charge in [-0.1, -0.05) is 25.7 Å². The number of likely N-dealkylation sites (N-methyl/N-ethyl adjacent to an activating group) is 1. The monoisotopic (exact) mass is 397 g/mol. The topological polar surface area (TPSA) is 64.1 Å². The Labute approximate surface area is 158 Å². The number of carbonyl (C=O) groups excluding carboxylic acids is 1. The van der Waals surface area contributed by atoms with Crippen molar-refractivity contribution in [3.8, 4) is 0 Å². The first-order valence-electron chi connectivity index (χ1n) is 9.08. The van der Waals surface area contributed by atoms with Crippen molar-refractivity contribution in [3.63, 3.8) is 0 Å². The third-order valence-electron chi connectivity index (χ3n) is 4.76. The van der Waals surface area contributed by atoms with Crippen LogP contribution >= 0.6 is 11.8 Å². The van der Waals surface area contributed by atoms with Crippen molar-refractivity contribution in [1.82, 2.24) is 15.5 Å². The number of carbonyl (C=O) groups is 1. The molecule has 0 unspecified atom stereocenters. The molecule has 0 atom stereocenters. The number of nitrogens with zero attached hydrogens (tertiary/aromatic N) is 2. The Morgan fingerprint density at radius 1 is 1.24 bits per heavy atom. The van der Waals surface area contributed by atoms with Crippen molar-refractivity contribution in [2.24, 2.45) is 0 Å². The van der Waals surface area contributed by atoms with E-state index >= 15 is 0 Å². The van der Waals surface area contributed by atoms with Gasteiger partial charge in [0.1, 0.15) is 5.03 Å². The largest absolute Gasteiger partial charge is 0.455 e. The standard InChI is InChI=1S/C17H31N3O2SSi2/c1-18-16(21)12-14-10-11-17(20-19-14)23-13-24(2,3)22-25(4,5)15-8-6-7-9-15/h10-11,15H,6-9,12-13H2,1-5H3,(H,18,21). The summed E-state index contributed by atoms with van der Waals surface area (Å²) in [4.78, 5) is 11.4. The Morgan fingerprint density at radius 2 is 1.92 bits per heavy atom. The van der Waals surface area contributed by atoms with Gasteiger partial charge in [-0.05, 0) is 43.9 Å². The molecule has 140 valence electrons. The molecule has 0 radical (unpaired) electrons. The molecule has 0 aromatic carbocycles. The summed E-state index contributed by atoms with van der Waals surface area (Å²) < 4.78 is 6.78. The van der Waals surface area contributed by atoms with Crippen LogP contribution < -0.4 is 5.32 Å². The Bertz CT molecular complexity index is 576. The van der Waals surface area contributed by atoms with Gasteiger partial charge in [0.25, 0.3) is 0 Å². The summed E-state index contributed by atoms with van der Waals surface area (Å²) in [5.41, 5.74) is 1.53. The number of thioether (sulfide) groups is 1. The summed E-state index contributed by atoms with van der Waals surface area (Å²) in [7, 11) is -1.72. The fourth-order valence-electron chi connectivity index (χ4n) is 3.47. The zero-order valence-corrected chi connectivity index (χ0v) is 18.9. The van der Waals surface area contributed by atoms with E-state index in [4.69, 9.17) is 4.12 Å². The van der Waals surface area contributed by atoms with Crippen LogP contribution in [0.15, 0.2) is 17.2 Å². The third-order valence-corrected chi connectivity index (χ3v) is 15.5. The molecule has 0 aliphatic heterocycles. The van der Waals surface area contributed by atoms with Crippen LogP contribution in [0, 0.1) is 0 Å². The van der Waals surface area contributed by atoms with E-state index in [0.29, 0.717) is 5.69 Å². The molecule has 1 aliphatic rings. The molecule has 5 nitrogen and oxygen atoms in total. The predicted octanol–water partition coefficient (Wildman–Crippen LogP) is 3.77. The molecule has 1 aromatic rings. The molecule has 8 heteroatoms. The van der Waals surface area contributed by atoms with Gasteiger partial charge in [0.15, 0.2) is 16.6 Å². The minimum Gasteiger partial charge on any atom is -0.455 e. The average Bonchev–Trinajstić information content (AvgIpc) is 3.08. The van der Waals surface area contributed by atoms with Gasteiger partial charge in [-0.25, -0.2) is 0 Å². The van der Waals surface area contributed by atoms with Crippen molar-refractivity contribution in [3.05, 3.63) is 17.8 Å². The van der Waals surface area contributed by atoms with Crippen LogP contribution in [0.2, 0.25) is 31.7 Å². The van der Waals surface area contributed by atoms with Crippen LogP contribution in [-0.4, -0.2) is 45.2 Å². The summed E-state index contributed by atoms with van der Waals surface area (Å²) in [6, 6.07) is 3.84. The van der Waals surface area contributed by atoms with Gasteiger partial charge < -0.3 is 9.43 Å². The zero-order chi connectivity index (χ0) is 18.5. The van der Waals surface area contributed by atoms with Crippen molar-refractivity contribution in [2.45, 2.75) is 68.9 Å².